The molecule has 0 saturated heterocycles. The molecular weight excluding hydrogens is 293 g/mol. The van der Waals surface area contributed by atoms with Crippen molar-refractivity contribution >= 4 is 23.2 Å². The molecule has 0 bridgehead atoms. The summed E-state index contributed by atoms with van der Waals surface area (Å²) in [5.74, 6) is 4.75. The third-order valence-electron chi connectivity index (χ3n) is 3.08. The van der Waals surface area contributed by atoms with Gasteiger partial charge in [0.15, 0.2) is 0 Å². The average Bonchev–Trinajstić information content (AvgIpc) is 2.48. The molecule has 2 aromatic rings. The van der Waals surface area contributed by atoms with Crippen LogP contribution in [0.3, 0.4) is 0 Å². The molecule has 0 aromatic heterocycles. The highest BCUT2D eigenvalue weighted by Gasteiger charge is 2.17. The number of carbonyl (C=O) groups excluding carboxylic acids is 1. The van der Waals surface area contributed by atoms with Gasteiger partial charge in [-0.3, -0.25) is 10.6 Å². The van der Waals surface area contributed by atoms with Crippen LogP contribution in [0.2, 0.25) is 5.02 Å². The fourth-order valence-corrected chi connectivity index (χ4v) is 2.15. The highest BCUT2D eigenvalue weighted by Crippen LogP contribution is 2.22. The molecule has 6 heteroatoms. The van der Waals surface area contributed by atoms with E-state index in [4.69, 9.17) is 17.4 Å². The van der Waals surface area contributed by atoms with Crippen LogP contribution in [0, 0.1) is 5.82 Å². The van der Waals surface area contributed by atoms with Crippen molar-refractivity contribution in [1.82, 2.24) is 4.90 Å². The SMILES string of the molecule is CN(Cc1ccccc1F)C(=O)c1cc(Cl)ccc1NN. The molecule has 0 unspecified atom stereocenters. The van der Waals surface area contributed by atoms with Gasteiger partial charge in [0, 0.05) is 24.2 Å². The summed E-state index contributed by atoms with van der Waals surface area (Å²) >= 11 is 5.91. The maximum atomic E-state index is 13.6. The summed E-state index contributed by atoms with van der Waals surface area (Å²) in [7, 11) is 1.59. The van der Waals surface area contributed by atoms with E-state index in [1.54, 1.807) is 37.4 Å². The summed E-state index contributed by atoms with van der Waals surface area (Å²) in [6.45, 7) is 0.155. The molecule has 0 spiro atoms. The lowest BCUT2D eigenvalue weighted by molar-refractivity contribution is 0.0785. The lowest BCUT2D eigenvalue weighted by Crippen LogP contribution is -2.28. The molecule has 2 rings (SSSR count). The number of nitrogens with one attached hydrogen (secondary N) is 1. The maximum absolute atomic E-state index is 13.6. The minimum Gasteiger partial charge on any atom is -0.337 e. The summed E-state index contributed by atoms with van der Waals surface area (Å²) < 4.78 is 13.6. The van der Waals surface area contributed by atoms with E-state index in [9.17, 15) is 9.18 Å². The third kappa shape index (κ3) is 3.51. The first-order valence-electron chi connectivity index (χ1n) is 6.28. The van der Waals surface area contributed by atoms with E-state index in [1.165, 1.54) is 17.0 Å². The highest BCUT2D eigenvalue weighted by atomic mass is 35.5. The molecule has 0 aliphatic heterocycles. The Morgan fingerprint density at radius 3 is 2.71 bits per heavy atom. The first-order chi connectivity index (χ1) is 10.0. The van der Waals surface area contributed by atoms with Gasteiger partial charge in [-0.2, -0.15) is 0 Å². The fourth-order valence-electron chi connectivity index (χ4n) is 1.98. The molecule has 4 nitrogen and oxygen atoms in total. The minimum absolute atomic E-state index is 0.155. The Morgan fingerprint density at radius 2 is 2.05 bits per heavy atom. The predicted octanol–water partition coefficient (Wildman–Crippen LogP) is 3.04. The van der Waals surface area contributed by atoms with Crippen molar-refractivity contribution in [2.75, 3.05) is 12.5 Å². The number of anilines is 1. The summed E-state index contributed by atoms with van der Waals surface area (Å²) in [5.41, 5.74) is 3.70. The third-order valence-corrected chi connectivity index (χ3v) is 3.31. The number of amides is 1. The molecule has 3 N–H and O–H groups in total. The second-order valence-corrected chi connectivity index (χ2v) is 5.02. The van der Waals surface area contributed by atoms with Crippen molar-refractivity contribution in [3.8, 4) is 0 Å². The number of hydrogen-bond donors (Lipinski definition) is 2. The van der Waals surface area contributed by atoms with Crippen molar-refractivity contribution in [2.45, 2.75) is 6.54 Å². The molecule has 0 heterocycles. The second kappa shape index (κ2) is 6.56. The number of halogens is 2. The van der Waals surface area contributed by atoms with Crippen molar-refractivity contribution in [3.05, 3.63) is 64.4 Å². The van der Waals surface area contributed by atoms with Crippen LogP contribution in [0.25, 0.3) is 0 Å². The first-order valence-corrected chi connectivity index (χ1v) is 6.65. The van der Waals surface area contributed by atoms with Gasteiger partial charge < -0.3 is 10.3 Å². The zero-order valence-electron chi connectivity index (χ0n) is 11.4. The number of nitrogen functional groups attached to an aromatic ring is 1. The summed E-state index contributed by atoms with van der Waals surface area (Å²) in [4.78, 5) is 13.8. The summed E-state index contributed by atoms with van der Waals surface area (Å²) in [5, 5.41) is 0.427. The van der Waals surface area contributed by atoms with Crippen molar-refractivity contribution in [1.29, 1.82) is 0 Å². The fraction of sp³-hybridized carbons (Fsp3) is 0.133. The van der Waals surface area contributed by atoms with Gasteiger partial charge in [0.25, 0.3) is 5.91 Å². The molecule has 0 aliphatic rings. The van der Waals surface area contributed by atoms with Crippen molar-refractivity contribution in [3.63, 3.8) is 0 Å². The second-order valence-electron chi connectivity index (χ2n) is 4.59. The normalized spacial score (nSPS) is 10.3. The van der Waals surface area contributed by atoms with E-state index in [-0.39, 0.29) is 18.3 Å². The van der Waals surface area contributed by atoms with Gasteiger partial charge in [-0.05, 0) is 24.3 Å². The zero-order valence-corrected chi connectivity index (χ0v) is 12.2. The number of nitrogens with two attached hydrogens (primary N) is 1. The Morgan fingerprint density at radius 1 is 1.33 bits per heavy atom. The number of benzene rings is 2. The van der Waals surface area contributed by atoms with E-state index in [2.05, 4.69) is 5.43 Å². The van der Waals surface area contributed by atoms with Gasteiger partial charge in [-0.25, -0.2) is 4.39 Å². The molecule has 0 aliphatic carbocycles. The smallest absolute Gasteiger partial charge is 0.256 e. The number of hydrogen-bond acceptors (Lipinski definition) is 3. The van der Waals surface area contributed by atoms with E-state index in [0.717, 1.165) is 0 Å². The molecule has 1 amide bonds. The number of carbonyl (C=O) groups is 1. The average molecular weight is 308 g/mol. The maximum Gasteiger partial charge on any atom is 0.256 e. The van der Waals surface area contributed by atoms with Gasteiger partial charge in [-0.15, -0.1) is 0 Å². The minimum atomic E-state index is -0.347. The highest BCUT2D eigenvalue weighted by molar-refractivity contribution is 6.31. The Hall–Kier alpha value is -2.11. The molecular formula is C15H15ClFN3O. The lowest BCUT2D eigenvalue weighted by Gasteiger charge is -2.19. The Kier molecular flexibility index (Phi) is 4.77. The molecule has 0 atom stereocenters. The van der Waals surface area contributed by atoms with Crippen LogP contribution in [-0.2, 0) is 6.54 Å². The number of nitrogens with zero attached hydrogens (tertiary/aromatic N) is 1. The standard InChI is InChI=1S/C15H15ClFN3O/c1-20(9-10-4-2-3-5-13(10)17)15(21)12-8-11(16)6-7-14(12)19-18/h2-8,19H,9,18H2,1H3. The number of hydrazine groups is 1. The molecule has 0 radical (unpaired) electrons. The van der Waals surface area contributed by atoms with Gasteiger partial charge in [0.05, 0.1) is 11.3 Å². The van der Waals surface area contributed by atoms with Crippen molar-refractivity contribution < 1.29 is 9.18 Å². The zero-order chi connectivity index (χ0) is 15.4. The molecule has 110 valence electrons. The summed E-state index contributed by atoms with van der Waals surface area (Å²) in [6, 6.07) is 11.1. The Balaban J connectivity index is 2.24. The quantitative estimate of drug-likeness (QED) is 0.674. The topological polar surface area (TPSA) is 58.4 Å². The van der Waals surface area contributed by atoms with E-state index in [1.807, 2.05) is 0 Å². The number of rotatable bonds is 4. The molecule has 0 fully saturated rings. The van der Waals surface area contributed by atoms with Gasteiger partial charge in [0.2, 0.25) is 0 Å². The largest absolute Gasteiger partial charge is 0.337 e. The Labute approximate surface area is 127 Å². The molecule has 2 aromatic carbocycles. The van der Waals surface area contributed by atoms with Gasteiger partial charge in [0.1, 0.15) is 5.82 Å². The van der Waals surface area contributed by atoms with Crippen LogP contribution in [-0.4, -0.2) is 17.9 Å². The Bertz CT molecular complexity index is 663. The van der Waals surface area contributed by atoms with Gasteiger partial charge >= 0.3 is 0 Å². The van der Waals surface area contributed by atoms with E-state index in [0.29, 0.717) is 21.8 Å². The van der Waals surface area contributed by atoms with E-state index >= 15 is 0 Å². The summed E-state index contributed by atoms with van der Waals surface area (Å²) in [6.07, 6.45) is 0. The van der Waals surface area contributed by atoms with Gasteiger partial charge in [-0.1, -0.05) is 29.8 Å². The van der Waals surface area contributed by atoms with Crippen LogP contribution in [0.4, 0.5) is 10.1 Å². The lowest BCUT2D eigenvalue weighted by atomic mass is 10.1. The monoisotopic (exact) mass is 307 g/mol. The van der Waals surface area contributed by atoms with Crippen LogP contribution in [0.1, 0.15) is 15.9 Å². The van der Waals surface area contributed by atoms with Crippen molar-refractivity contribution in [2.24, 2.45) is 5.84 Å². The van der Waals surface area contributed by atoms with Crippen LogP contribution in [0.5, 0.6) is 0 Å². The predicted molar refractivity (Wildman–Crippen MR) is 81.5 cm³/mol. The van der Waals surface area contributed by atoms with Crippen LogP contribution >= 0.6 is 11.6 Å². The molecule has 21 heavy (non-hydrogen) atoms. The molecule has 0 saturated carbocycles. The first kappa shape index (κ1) is 15.3. The van der Waals surface area contributed by atoms with E-state index < -0.39 is 0 Å². The van der Waals surface area contributed by atoms with Crippen LogP contribution < -0.4 is 11.3 Å². The van der Waals surface area contributed by atoms with Crippen LogP contribution in [0.15, 0.2) is 42.5 Å².